The molecule has 0 N–H and O–H groups in total. The Hall–Kier alpha value is -2.11. The molecule has 0 spiro atoms. The summed E-state index contributed by atoms with van der Waals surface area (Å²) < 4.78 is 13.2. The number of carbonyl (C=O) groups excluding carboxylic acids is 2. The monoisotopic (exact) mass is 344 g/mol. The highest BCUT2D eigenvalue weighted by Gasteiger charge is 2.58. The first-order valence-electron chi connectivity index (χ1n) is 9.04. The number of nitrogens with zero attached hydrogens (tertiary/aromatic N) is 2. The Labute approximate surface area is 147 Å². The van der Waals surface area contributed by atoms with Crippen LogP contribution in [0.1, 0.15) is 45.4 Å². The van der Waals surface area contributed by atoms with Gasteiger partial charge in [-0.1, -0.05) is 6.58 Å². The molecule has 0 aromatic carbocycles. The van der Waals surface area contributed by atoms with Crippen molar-refractivity contribution in [2.24, 2.45) is 17.8 Å². The van der Waals surface area contributed by atoms with Crippen LogP contribution in [-0.2, 0) is 14.3 Å². The minimum Gasteiger partial charge on any atom is -0.455 e. The third kappa shape index (κ3) is 2.87. The molecule has 0 saturated heterocycles. The van der Waals surface area contributed by atoms with Gasteiger partial charge in [0.05, 0.1) is 0 Å². The van der Waals surface area contributed by atoms with Crippen LogP contribution >= 0.6 is 0 Å². The van der Waals surface area contributed by atoms with Gasteiger partial charge >= 0.3 is 12.1 Å². The zero-order chi connectivity index (χ0) is 17.6. The van der Waals surface area contributed by atoms with E-state index in [1.807, 2.05) is 0 Å². The first-order chi connectivity index (χ1) is 12.0. The molecule has 0 radical (unpaired) electrons. The lowest BCUT2D eigenvalue weighted by atomic mass is 9.54. The van der Waals surface area contributed by atoms with Crippen LogP contribution in [0.15, 0.2) is 30.9 Å². The zero-order valence-corrected chi connectivity index (χ0v) is 14.5. The Bertz CT molecular complexity index is 694. The Morgan fingerprint density at radius 1 is 1.24 bits per heavy atom. The van der Waals surface area contributed by atoms with Crippen molar-refractivity contribution >= 4 is 12.1 Å². The van der Waals surface area contributed by atoms with E-state index >= 15 is 0 Å². The fourth-order valence-corrected chi connectivity index (χ4v) is 5.22. The van der Waals surface area contributed by atoms with Crippen LogP contribution in [0.3, 0.4) is 0 Å². The molecular weight excluding hydrogens is 320 g/mol. The van der Waals surface area contributed by atoms with Gasteiger partial charge in [-0.2, -0.15) is 0 Å². The van der Waals surface area contributed by atoms with E-state index in [1.54, 1.807) is 19.3 Å². The summed E-state index contributed by atoms with van der Waals surface area (Å²) in [7, 11) is 0. The van der Waals surface area contributed by atoms with Crippen LogP contribution in [-0.4, -0.2) is 33.3 Å². The molecule has 5 unspecified atom stereocenters. The molecule has 1 heterocycles. The SMILES string of the molecule is C=C(C)C(=O)OC12CC3CCC1C(OC(=O)n1ccnc1)CC(C3)C2. The number of carbonyl (C=O) groups is 2. The van der Waals surface area contributed by atoms with Crippen molar-refractivity contribution in [3.05, 3.63) is 30.9 Å². The van der Waals surface area contributed by atoms with E-state index in [0.29, 0.717) is 17.4 Å². The van der Waals surface area contributed by atoms with Gasteiger partial charge in [0.2, 0.25) is 0 Å². The highest BCUT2D eigenvalue weighted by molar-refractivity contribution is 5.87. The molecule has 25 heavy (non-hydrogen) atoms. The molecule has 5 atom stereocenters. The van der Waals surface area contributed by atoms with E-state index in [2.05, 4.69) is 11.6 Å². The van der Waals surface area contributed by atoms with Crippen molar-refractivity contribution in [1.29, 1.82) is 0 Å². The van der Waals surface area contributed by atoms with Crippen LogP contribution in [0, 0.1) is 17.8 Å². The molecule has 0 amide bonds. The van der Waals surface area contributed by atoms with E-state index < -0.39 is 11.7 Å². The Morgan fingerprint density at radius 2 is 2.04 bits per heavy atom. The maximum absolute atomic E-state index is 12.4. The summed E-state index contributed by atoms with van der Waals surface area (Å²) in [5, 5.41) is 0. The smallest absolute Gasteiger partial charge is 0.419 e. The lowest BCUT2D eigenvalue weighted by Crippen LogP contribution is -2.60. The van der Waals surface area contributed by atoms with Crippen molar-refractivity contribution in [2.45, 2.75) is 57.2 Å². The predicted octanol–water partition coefficient (Wildman–Crippen LogP) is 3.32. The van der Waals surface area contributed by atoms with Crippen LogP contribution in [0.2, 0.25) is 0 Å². The Morgan fingerprint density at radius 3 is 2.76 bits per heavy atom. The number of imidazole rings is 1. The topological polar surface area (TPSA) is 70.4 Å². The average molecular weight is 344 g/mol. The molecule has 134 valence electrons. The lowest BCUT2D eigenvalue weighted by molar-refractivity contribution is -0.207. The first-order valence-corrected chi connectivity index (χ1v) is 9.04. The molecule has 6 heteroatoms. The Kier molecular flexibility index (Phi) is 3.93. The van der Waals surface area contributed by atoms with E-state index in [1.165, 1.54) is 10.9 Å². The van der Waals surface area contributed by atoms with Crippen molar-refractivity contribution in [3.63, 3.8) is 0 Å². The van der Waals surface area contributed by atoms with Crippen molar-refractivity contribution < 1.29 is 19.1 Å². The fraction of sp³-hybridized carbons (Fsp3) is 0.632. The lowest BCUT2D eigenvalue weighted by Gasteiger charge is -2.57. The van der Waals surface area contributed by atoms with Gasteiger partial charge < -0.3 is 9.47 Å². The standard InChI is InChI=1S/C19H24N2O4/c1-12(2)17(22)25-19-9-13-3-4-15(19)16(8-14(7-13)10-19)24-18(23)21-6-5-20-11-21/h5-6,11,13-16H,1,3-4,7-10H2,2H3. The maximum Gasteiger partial charge on any atom is 0.419 e. The van der Waals surface area contributed by atoms with Gasteiger partial charge in [-0.05, 0) is 57.3 Å². The van der Waals surface area contributed by atoms with Crippen LogP contribution < -0.4 is 0 Å². The number of rotatable bonds is 3. The summed E-state index contributed by atoms with van der Waals surface area (Å²) >= 11 is 0. The molecule has 1 aromatic rings. The zero-order valence-electron chi connectivity index (χ0n) is 14.5. The first kappa shape index (κ1) is 16.4. The van der Waals surface area contributed by atoms with Crippen LogP contribution in [0.5, 0.6) is 0 Å². The summed E-state index contributed by atoms with van der Waals surface area (Å²) in [6.07, 6.45) is 9.76. The van der Waals surface area contributed by atoms with Crippen molar-refractivity contribution in [1.82, 2.24) is 9.55 Å². The highest BCUT2D eigenvalue weighted by Crippen LogP contribution is 2.57. The fourth-order valence-electron chi connectivity index (χ4n) is 5.22. The summed E-state index contributed by atoms with van der Waals surface area (Å²) in [6, 6.07) is 0. The van der Waals surface area contributed by atoms with Crippen LogP contribution in [0.25, 0.3) is 0 Å². The third-order valence-corrected chi connectivity index (χ3v) is 6.12. The molecule has 3 aliphatic rings. The quantitative estimate of drug-likeness (QED) is 0.621. The van der Waals surface area contributed by atoms with Crippen molar-refractivity contribution in [3.8, 4) is 0 Å². The number of fused-ring (bicyclic) bond motifs is 2. The number of hydrogen-bond donors (Lipinski definition) is 0. The second kappa shape index (κ2) is 6.00. The summed E-state index contributed by atoms with van der Waals surface area (Å²) in [4.78, 5) is 28.5. The number of hydrogen-bond acceptors (Lipinski definition) is 5. The molecule has 1 aromatic heterocycles. The molecular formula is C19H24N2O4. The van der Waals surface area contributed by atoms with E-state index in [9.17, 15) is 9.59 Å². The van der Waals surface area contributed by atoms with Crippen molar-refractivity contribution in [2.75, 3.05) is 0 Å². The average Bonchev–Trinajstić information content (AvgIpc) is 3.07. The van der Waals surface area contributed by atoms with E-state index in [-0.39, 0.29) is 18.0 Å². The normalized spacial score (nSPS) is 35.9. The van der Waals surface area contributed by atoms with E-state index in [0.717, 1.165) is 38.5 Å². The third-order valence-electron chi connectivity index (χ3n) is 6.12. The molecule has 6 nitrogen and oxygen atoms in total. The second-order valence-corrected chi connectivity index (χ2v) is 7.92. The largest absolute Gasteiger partial charge is 0.455 e. The summed E-state index contributed by atoms with van der Waals surface area (Å²) in [6.45, 7) is 5.39. The van der Waals surface area contributed by atoms with Crippen LogP contribution in [0.4, 0.5) is 4.79 Å². The minimum absolute atomic E-state index is 0.0658. The van der Waals surface area contributed by atoms with Gasteiger partial charge in [0.15, 0.2) is 0 Å². The number of esters is 1. The second-order valence-electron chi connectivity index (χ2n) is 7.92. The number of aromatic nitrogens is 2. The van der Waals surface area contributed by atoms with Gasteiger partial charge in [0.1, 0.15) is 18.0 Å². The predicted molar refractivity (Wildman–Crippen MR) is 89.7 cm³/mol. The van der Waals surface area contributed by atoms with Gasteiger partial charge in [-0.3, -0.25) is 0 Å². The molecule has 3 aliphatic carbocycles. The Balaban J connectivity index is 1.58. The summed E-state index contributed by atoms with van der Waals surface area (Å²) in [5.41, 5.74) is -0.0788. The number of ether oxygens (including phenoxy) is 2. The van der Waals surface area contributed by atoms with Gasteiger partial charge in [0.25, 0.3) is 0 Å². The van der Waals surface area contributed by atoms with E-state index in [4.69, 9.17) is 9.47 Å². The van der Waals surface area contributed by atoms with Gasteiger partial charge in [0, 0.05) is 23.9 Å². The highest BCUT2D eigenvalue weighted by atomic mass is 16.6. The van der Waals surface area contributed by atoms with Gasteiger partial charge in [-0.25, -0.2) is 19.1 Å². The molecule has 4 rings (SSSR count). The molecule has 3 fully saturated rings. The van der Waals surface area contributed by atoms with Gasteiger partial charge in [-0.15, -0.1) is 0 Å². The molecule has 3 saturated carbocycles. The molecule has 3 bridgehead atoms. The summed E-state index contributed by atoms with van der Waals surface area (Å²) in [5.74, 6) is 0.788. The maximum atomic E-state index is 12.4. The minimum atomic E-state index is -0.500. The molecule has 0 aliphatic heterocycles.